The molecule has 1 unspecified atom stereocenters. The van der Waals surface area contributed by atoms with Crippen LogP contribution >= 0.6 is 34.8 Å². The molecule has 0 aromatic heterocycles. The van der Waals surface area contributed by atoms with Gasteiger partial charge in [-0.15, -0.1) is 11.6 Å². The molecule has 0 amide bonds. The molecule has 1 radical (unpaired) electrons. The molecule has 0 saturated heterocycles. The lowest BCUT2D eigenvalue weighted by molar-refractivity contribution is 1.15. The van der Waals surface area contributed by atoms with E-state index in [1.54, 1.807) is 0 Å². The Bertz CT molecular complexity index is 208. The Labute approximate surface area is 81.1 Å². The Morgan fingerprint density at radius 1 is 1.09 bits per heavy atom. The molecule has 0 aliphatic carbocycles. The van der Waals surface area contributed by atoms with Crippen LogP contribution < -0.4 is 0 Å². The van der Waals surface area contributed by atoms with E-state index in [2.05, 4.69) is 0 Å². The van der Waals surface area contributed by atoms with Crippen LogP contribution in [0.15, 0.2) is 30.3 Å². The maximum absolute atomic E-state index is 5.84. The molecule has 0 bridgehead atoms. The van der Waals surface area contributed by atoms with Gasteiger partial charge in [0.05, 0.1) is 5.38 Å². The van der Waals surface area contributed by atoms with Crippen molar-refractivity contribution in [2.45, 2.75) is 5.38 Å². The predicted molar refractivity (Wildman–Crippen MR) is 50.0 cm³/mol. The normalized spacial score (nSPS) is 13.5. The van der Waals surface area contributed by atoms with Gasteiger partial charge in [0.15, 0.2) is 4.84 Å². The van der Waals surface area contributed by atoms with Crippen molar-refractivity contribution < 1.29 is 0 Å². The first-order valence-corrected chi connectivity index (χ1v) is 4.28. The highest BCUT2D eigenvalue weighted by Gasteiger charge is 2.16. The fourth-order valence-corrected chi connectivity index (χ4v) is 1.15. The van der Waals surface area contributed by atoms with E-state index in [0.29, 0.717) is 0 Å². The third kappa shape index (κ3) is 2.55. The first-order valence-electron chi connectivity index (χ1n) is 3.08. The standard InChI is InChI=1S/C8H6Cl3/c9-7(8(10)11)6-4-2-1-3-5-6/h1-5,7H. The molecule has 0 aliphatic rings. The molecule has 0 nitrogen and oxygen atoms in total. The van der Waals surface area contributed by atoms with Crippen LogP contribution in [0.3, 0.4) is 0 Å². The minimum atomic E-state index is -0.403. The summed E-state index contributed by atoms with van der Waals surface area (Å²) >= 11 is 16.9. The van der Waals surface area contributed by atoms with E-state index in [-0.39, 0.29) is 4.84 Å². The maximum atomic E-state index is 5.84. The number of alkyl halides is 1. The predicted octanol–water partition coefficient (Wildman–Crippen LogP) is 3.93. The number of hydrogen-bond acceptors (Lipinski definition) is 0. The number of hydrogen-bond donors (Lipinski definition) is 0. The van der Waals surface area contributed by atoms with Gasteiger partial charge in [-0.05, 0) is 5.56 Å². The van der Waals surface area contributed by atoms with Crippen LogP contribution in [0.4, 0.5) is 0 Å². The van der Waals surface area contributed by atoms with Gasteiger partial charge >= 0.3 is 0 Å². The monoisotopic (exact) mass is 207 g/mol. The maximum Gasteiger partial charge on any atom is 0.173 e. The van der Waals surface area contributed by atoms with Gasteiger partial charge in [0.2, 0.25) is 0 Å². The van der Waals surface area contributed by atoms with Gasteiger partial charge in [-0.3, -0.25) is 0 Å². The van der Waals surface area contributed by atoms with E-state index in [4.69, 9.17) is 34.8 Å². The highest BCUT2D eigenvalue weighted by molar-refractivity contribution is 6.56. The number of rotatable bonds is 2. The van der Waals surface area contributed by atoms with E-state index in [1.807, 2.05) is 30.3 Å². The zero-order valence-electron chi connectivity index (χ0n) is 5.60. The lowest BCUT2D eigenvalue weighted by atomic mass is 10.2. The molecule has 0 aliphatic heterocycles. The third-order valence-electron chi connectivity index (χ3n) is 1.28. The molecule has 11 heavy (non-hydrogen) atoms. The van der Waals surface area contributed by atoms with Crippen LogP contribution in [0.1, 0.15) is 10.9 Å². The van der Waals surface area contributed by atoms with Crippen molar-refractivity contribution in [2.75, 3.05) is 0 Å². The Morgan fingerprint density at radius 3 is 2.09 bits per heavy atom. The Balaban J connectivity index is 2.77. The highest BCUT2D eigenvalue weighted by atomic mass is 35.5. The van der Waals surface area contributed by atoms with E-state index < -0.39 is 5.38 Å². The van der Waals surface area contributed by atoms with Gasteiger partial charge in [-0.25, -0.2) is 0 Å². The third-order valence-corrected chi connectivity index (χ3v) is 2.41. The SMILES string of the molecule is Cl[C](Cl)C(Cl)c1ccccc1. The largest absolute Gasteiger partial charge is 0.173 e. The van der Waals surface area contributed by atoms with Crippen molar-refractivity contribution in [3.05, 3.63) is 40.7 Å². The fraction of sp³-hybridized carbons (Fsp3) is 0.125. The fourth-order valence-electron chi connectivity index (χ4n) is 0.748. The van der Waals surface area contributed by atoms with Crippen LogP contribution in [0, 0.1) is 4.84 Å². The second-order valence-electron chi connectivity index (χ2n) is 2.06. The van der Waals surface area contributed by atoms with Crippen LogP contribution in [0.5, 0.6) is 0 Å². The zero-order chi connectivity index (χ0) is 8.27. The summed E-state index contributed by atoms with van der Waals surface area (Å²) in [6.07, 6.45) is 0. The summed E-state index contributed by atoms with van der Waals surface area (Å²) in [4.78, 5) is 0.179. The van der Waals surface area contributed by atoms with Gasteiger partial charge in [0.1, 0.15) is 0 Å². The summed E-state index contributed by atoms with van der Waals surface area (Å²) < 4.78 is 0. The first kappa shape index (κ1) is 9.18. The molecule has 1 aromatic carbocycles. The molecule has 0 heterocycles. The summed E-state index contributed by atoms with van der Waals surface area (Å²) in [5.41, 5.74) is 0.911. The molecular weight excluding hydrogens is 202 g/mol. The molecule has 59 valence electrons. The molecule has 1 rings (SSSR count). The molecule has 0 N–H and O–H groups in total. The lowest BCUT2D eigenvalue weighted by Crippen LogP contribution is -1.91. The Morgan fingerprint density at radius 2 is 1.64 bits per heavy atom. The van der Waals surface area contributed by atoms with E-state index in [1.165, 1.54) is 0 Å². The van der Waals surface area contributed by atoms with Gasteiger partial charge < -0.3 is 0 Å². The van der Waals surface area contributed by atoms with Gasteiger partial charge in [0.25, 0.3) is 0 Å². The molecule has 0 spiro atoms. The molecule has 0 fully saturated rings. The van der Waals surface area contributed by atoms with Crippen molar-refractivity contribution in [3.8, 4) is 0 Å². The minimum absolute atomic E-state index is 0.179. The second-order valence-corrected chi connectivity index (χ2v) is 3.51. The molecule has 1 aromatic rings. The average Bonchev–Trinajstić information content (AvgIpc) is 2.05. The van der Waals surface area contributed by atoms with Gasteiger partial charge in [-0.2, -0.15) is 0 Å². The zero-order valence-corrected chi connectivity index (χ0v) is 7.87. The van der Waals surface area contributed by atoms with E-state index in [0.717, 1.165) is 5.56 Å². The van der Waals surface area contributed by atoms with Crippen molar-refractivity contribution in [1.29, 1.82) is 0 Å². The summed E-state index contributed by atoms with van der Waals surface area (Å²) in [5.74, 6) is 0. The van der Waals surface area contributed by atoms with E-state index in [9.17, 15) is 0 Å². The molecule has 0 saturated carbocycles. The Hall–Kier alpha value is 0.0900. The van der Waals surface area contributed by atoms with Gasteiger partial charge in [-0.1, -0.05) is 53.5 Å². The van der Waals surface area contributed by atoms with Crippen molar-refractivity contribution in [3.63, 3.8) is 0 Å². The quantitative estimate of drug-likeness (QED) is 0.646. The molecule has 3 heteroatoms. The summed E-state index contributed by atoms with van der Waals surface area (Å²) in [6.45, 7) is 0. The van der Waals surface area contributed by atoms with Crippen LogP contribution in [0.25, 0.3) is 0 Å². The second kappa shape index (κ2) is 4.20. The van der Waals surface area contributed by atoms with Crippen LogP contribution in [-0.4, -0.2) is 0 Å². The number of benzene rings is 1. The molecular formula is C8H6Cl3. The smallest absolute Gasteiger partial charge is 0.114 e. The summed E-state index contributed by atoms with van der Waals surface area (Å²) in [6, 6.07) is 9.45. The molecule has 1 atom stereocenters. The Kier molecular flexibility index (Phi) is 3.50. The van der Waals surface area contributed by atoms with Crippen molar-refractivity contribution in [1.82, 2.24) is 0 Å². The topological polar surface area (TPSA) is 0 Å². The lowest BCUT2D eigenvalue weighted by Gasteiger charge is -2.07. The number of halogens is 3. The van der Waals surface area contributed by atoms with Crippen molar-refractivity contribution in [2.24, 2.45) is 0 Å². The summed E-state index contributed by atoms with van der Waals surface area (Å²) in [5, 5.41) is -0.403. The van der Waals surface area contributed by atoms with Crippen LogP contribution in [-0.2, 0) is 0 Å². The highest BCUT2D eigenvalue weighted by Crippen LogP contribution is 2.35. The van der Waals surface area contributed by atoms with Crippen LogP contribution in [0.2, 0.25) is 0 Å². The van der Waals surface area contributed by atoms with Gasteiger partial charge in [0, 0.05) is 0 Å². The first-order chi connectivity index (χ1) is 5.22. The average molecular weight is 208 g/mol. The van der Waals surface area contributed by atoms with Crippen molar-refractivity contribution >= 4 is 34.8 Å². The minimum Gasteiger partial charge on any atom is -0.114 e. The summed E-state index contributed by atoms with van der Waals surface area (Å²) in [7, 11) is 0. The van der Waals surface area contributed by atoms with E-state index >= 15 is 0 Å².